The second-order valence-corrected chi connectivity index (χ2v) is 7.42. The Morgan fingerprint density at radius 3 is 2.82 bits per heavy atom. The van der Waals surface area contributed by atoms with E-state index in [4.69, 9.17) is 11.6 Å². The van der Waals surface area contributed by atoms with E-state index in [2.05, 4.69) is 20.6 Å². The van der Waals surface area contributed by atoms with Crippen LogP contribution in [0.2, 0.25) is 5.02 Å². The number of hydrogen-bond donors (Lipinski definition) is 1. The molecule has 0 aliphatic carbocycles. The minimum Gasteiger partial charge on any atom is -0.325 e. The average Bonchev–Trinajstić information content (AvgIpc) is 3.24. The third-order valence-corrected chi connectivity index (χ3v) is 5.10. The standard InChI is InChI=1S/C19H19ClN6O2/c1-11(2)26-9-13(23-24-26)8-16-18(27)25(19(28)22-16)10-14-15(20)6-5-12-4-3-7-21-17(12)14/h3-7,9,11,16H,8,10H2,1-2H3,(H,22,28)/t16-/m0/s1. The average molecular weight is 399 g/mol. The largest absolute Gasteiger partial charge is 0.325 e. The van der Waals surface area contributed by atoms with E-state index in [0.717, 1.165) is 5.39 Å². The molecule has 3 amide bonds. The van der Waals surface area contributed by atoms with E-state index in [9.17, 15) is 9.59 Å². The summed E-state index contributed by atoms with van der Waals surface area (Å²) in [6.07, 6.45) is 3.74. The number of fused-ring (bicyclic) bond motifs is 1. The number of hydrogen-bond acceptors (Lipinski definition) is 5. The molecule has 1 aromatic carbocycles. The van der Waals surface area contributed by atoms with E-state index in [1.807, 2.05) is 32.0 Å². The zero-order chi connectivity index (χ0) is 19.8. The lowest BCUT2D eigenvalue weighted by Crippen LogP contribution is -2.32. The summed E-state index contributed by atoms with van der Waals surface area (Å²) in [4.78, 5) is 30.8. The van der Waals surface area contributed by atoms with E-state index in [-0.39, 0.29) is 24.9 Å². The summed E-state index contributed by atoms with van der Waals surface area (Å²) in [5.41, 5.74) is 1.98. The number of imide groups is 1. The van der Waals surface area contributed by atoms with Crippen LogP contribution in [0.1, 0.15) is 31.1 Å². The maximum Gasteiger partial charge on any atom is 0.325 e. The molecule has 1 aliphatic heterocycles. The van der Waals surface area contributed by atoms with E-state index in [1.54, 1.807) is 23.1 Å². The normalized spacial score (nSPS) is 17.0. The van der Waals surface area contributed by atoms with Crippen molar-refractivity contribution in [2.45, 2.75) is 38.9 Å². The van der Waals surface area contributed by atoms with Crippen molar-refractivity contribution in [2.24, 2.45) is 0 Å². The van der Waals surface area contributed by atoms with Crippen LogP contribution in [0.3, 0.4) is 0 Å². The van der Waals surface area contributed by atoms with Gasteiger partial charge in [0.05, 0.1) is 17.8 Å². The molecule has 144 valence electrons. The Bertz CT molecular complexity index is 1060. The predicted octanol–water partition coefficient (Wildman–Crippen LogP) is 2.72. The van der Waals surface area contributed by atoms with Crippen LogP contribution >= 0.6 is 11.6 Å². The van der Waals surface area contributed by atoms with E-state index >= 15 is 0 Å². The van der Waals surface area contributed by atoms with Gasteiger partial charge >= 0.3 is 6.03 Å². The first-order chi connectivity index (χ1) is 13.4. The molecule has 1 atom stereocenters. The Labute approximate surface area is 166 Å². The number of rotatable bonds is 5. The van der Waals surface area contributed by atoms with Gasteiger partial charge in [-0.05, 0) is 26.0 Å². The van der Waals surface area contributed by atoms with Crippen molar-refractivity contribution in [2.75, 3.05) is 0 Å². The summed E-state index contributed by atoms with van der Waals surface area (Å²) in [5, 5.41) is 12.2. The van der Waals surface area contributed by atoms with Crippen LogP contribution in [-0.2, 0) is 17.8 Å². The van der Waals surface area contributed by atoms with Crippen molar-refractivity contribution in [3.63, 3.8) is 0 Å². The first kappa shape index (κ1) is 18.4. The van der Waals surface area contributed by atoms with Crippen LogP contribution in [0.4, 0.5) is 4.79 Å². The Balaban J connectivity index is 1.56. The monoisotopic (exact) mass is 398 g/mol. The first-order valence-corrected chi connectivity index (χ1v) is 9.36. The van der Waals surface area contributed by atoms with Gasteiger partial charge in [0.25, 0.3) is 5.91 Å². The molecule has 0 spiro atoms. The van der Waals surface area contributed by atoms with Crippen molar-refractivity contribution in [1.29, 1.82) is 0 Å². The van der Waals surface area contributed by atoms with Gasteiger partial charge < -0.3 is 5.32 Å². The molecule has 0 unspecified atom stereocenters. The fourth-order valence-electron chi connectivity index (χ4n) is 3.22. The van der Waals surface area contributed by atoms with Crippen molar-refractivity contribution >= 4 is 34.4 Å². The second kappa shape index (κ2) is 7.20. The number of carbonyl (C=O) groups excluding carboxylic acids is 2. The van der Waals surface area contributed by atoms with Crippen LogP contribution < -0.4 is 5.32 Å². The lowest BCUT2D eigenvalue weighted by molar-refractivity contribution is -0.127. The minimum atomic E-state index is -0.675. The SMILES string of the molecule is CC(C)n1cc(C[C@@H]2NC(=O)N(Cc3c(Cl)ccc4cccnc34)C2=O)nn1. The molecular weight excluding hydrogens is 380 g/mol. The minimum absolute atomic E-state index is 0.0625. The molecule has 4 rings (SSSR count). The van der Waals surface area contributed by atoms with Crippen LogP contribution in [0.25, 0.3) is 10.9 Å². The smallest absolute Gasteiger partial charge is 0.325 e. The summed E-state index contributed by atoms with van der Waals surface area (Å²) in [6.45, 7) is 4.04. The maximum absolute atomic E-state index is 12.8. The molecule has 3 aromatic rings. The molecule has 0 saturated carbocycles. The fraction of sp³-hybridized carbons (Fsp3) is 0.316. The summed E-state index contributed by atoms with van der Waals surface area (Å²) in [7, 11) is 0. The Morgan fingerprint density at radius 2 is 2.07 bits per heavy atom. The van der Waals surface area contributed by atoms with Crippen molar-refractivity contribution in [1.82, 2.24) is 30.2 Å². The van der Waals surface area contributed by atoms with E-state index in [1.165, 1.54) is 4.90 Å². The van der Waals surface area contributed by atoms with Crippen molar-refractivity contribution < 1.29 is 9.59 Å². The lowest BCUT2D eigenvalue weighted by atomic mass is 10.1. The topological polar surface area (TPSA) is 93.0 Å². The highest BCUT2D eigenvalue weighted by Crippen LogP contribution is 2.27. The molecule has 0 radical (unpaired) electrons. The van der Waals surface area contributed by atoms with Gasteiger partial charge in [-0.2, -0.15) is 0 Å². The van der Waals surface area contributed by atoms with Crippen molar-refractivity contribution in [3.05, 3.63) is 52.9 Å². The summed E-state index contributed by atoms with van der Waals surface area (Å²) in [5.74, 6) is -0.312. The van der Waals surface area contributed by atoms with Gasteiger partial charge in [0.1, 0.15) is 6.04 Å². The second-order valence-electron chi connectivity index (χ2n) is 7.02. The highest BCUT2D eigenvalue weighted by atomic mass is 35.5. The predicted molar refractivity (Wildman–Crippen MR) is 104 cm³/mol. The molecule has 28 heavy (non-hydrogen) atoms. The van der Waals surface area contributed by atoms with Crippen LogP contribution in [0.15, 0.2) is 36.7 Å². The van der Waals surface area contributed by atoms with Gasteiger partial charge in [-0.25, -0.2) is 9.48 Å². The Kier molecular flexibility index (Phi) is 4.72. The number of urea groups is 1. The Morgan fingerprint density at radius 1 is 1.25 bits per heavy atom. The van der Waals surface area contributed by atoms with E-state index in [0.29, 0.717) is 21.8 Å². The van der Waals surface area contributed by atoms with Gasteiger partial charge in [-0.15, -0.1) is 5.10 Å². The zero-order valence-electron chi connectivity index (χ0n) is 15.5. The number of aromatic nitrogens is 4. The molecule has 8 nitrogen and oxygen atoms in total. The number of carbonyl (C=O) groups is 2. The number of halogens is 1. The first-order valence-electron chi connectivity index (χ1n) is 8.98. The van der Waals surface area contributed by atoms with Crippen LogP contribution in [-0.4, -0.2) is 42.9 Å². The number of pyridine rings is 1. The zero-order valence-corrected chi connectivity index (χ0v) is 16.2. The quantitative estimate of drug-likeness (QED) is 0.667. The molecule has 1 aliphatic rings. The molecule has 0 bridgehead atoms. The fourth-order valence-corrected chi connectivity index (χ4v) is 3.44. The highest BCUT2D eigenvalue weighted by molar-refractivity contribution is 6.32. The lowest BCUT2D eigenvalue weighted by Gasteiger charge is -2.15. The molecule has 2 aromatic heterocycles. The number of nitrogens with zero attached hydrogens (tertiary/aromatic N) is 5. The van der Waals surface area contributed by atoms with Gasteiger partial charge in [0.2, 0.25) is 0 Å². The Hall–Kier alpha value is -3.00. The molecule has 9 heteroatoms. The third-order valence-electron chi connectivity index (χ3n) is 4.75. The highest BCUT2D eigenvalue weighted by Gasteiger charge is 2.39. The number of amides is 3. The molecule has 1 fully saturated rings. The molecule has 1 N–H and O–H groups in total. The van der Waals surface area contributed by atoms with Crippen LogP contribution in [0, 0.1) is 0 Å². The molecular formula is C19H19ClN6O2. The maximum atomic E-state index is 12.8. The summed E-state index contributed by atoms with van der Waals surface area (Å²) in [6, 6.07) is 6.40. The van der Waals surface area contributed by atoms with E-state index < -0.39 is 12.1 Å². The van der Waals surface area contributed by atoms with Gasteiger partial charge in [0.15, 0.2) is 0 Å². The van der Waals surface area contributed by atoms with Gasteiger partial charge in [0, 0.05) is 40.8 Å². The van der Waals surface area contributed by atoms with Gasteiger partial charge in [-0.1, -0.05) is 28.9 Å². The molecule has 3 heterocycles. The number of nitrogens with one attached hydrogen (secondary N) is 1. The van der Waals surface area contributed by atoms with Crippen LogP contribution in [0.5, 0.6) is 0 Å². The van der Waals surface area contributed by atoms with Crippen molar-refractivity contribution in [3.8, 4) is 0 Å². The third kappa shape index (κ3) is 3.31. The number of benzene rings is 1. The summed E-state index contributed by atoms with van der Waals surface area (Å²) < 4.78 is 1.72. The molecule has 1 saturated heterocycles. The summed E-state index contributed by atoms with van der Waals surface area (Å²) >= 11 is 6.34. The van der Waals surface area contributed by atoms with Gasteiger partial charge in [-0.3, -0.25) is 14.7 Å².